The number of aromatic hydroxyl groups is 1. The Bertz CT molecular complexity index is 643. The monoisotopic (exact) mass is 267 g/mol. The summed E-state index contributed by atoms with van der Waals surface area (Å²) in [6.45, 7) is 0. The summed E-state index contributed by atoms with van der Waals surface area (Å²) in [7, 11) is 0. The Hall–Kier alpha value is -2.88. The number of nitrogens with zero attached hydrogens (tertiary/aromatic N) is 1. The van der Waals surface area contributed by atoms with E-state index in [9.17, 15) is 4.79 Å². The van der Waals surface area contributed by atoms with Crippen molar-refractivity contribution >= 4 is 16.9 Å². The Morgan fingerprint density at radius 3 is 2.20 bits per heavy atom. The van der Waals surface area contributed by atoms with Crippen LogP contribution in [0.4, 0.5) is 0 Å². The van der Waals surface area contributed by atoms with Crippen molar-refractivity contribution in [1.29, 1.82) is 0 Å². The molecule has 2 N–H and O–H groups in total. The van der Waals surface area contributed by atoms with E-state index in [-0.39, 0.29) is 11.3 Å². The van der Waals surface area contributed by atoms with Crippen LogP contribution in [0.15, 0.2) is 66.9 Å². The first-order valence-electron chi connectivity index (χ1n) is 5.99. The summed E-state index contributed by atoms with van der Waals surface area (Å²) in [6.07, 6.45) is 1.81. The molecule has 0 fully saturated rings. The van der Waals surface area contributed by atoms with Crippen LogP contribution < -0.4 is 0 Å². The molecule has 0 atom stereocenters. The van der Waals surface area contributed by atoms with Crippen LogP contribution in [0.5, 0.6) is 5.75 Å². The van der Waals surface area contributed by atoms with Gasteiger partial charge in [0.1, 0.15) is 5.75 Å². The van der Waals surface area contributed by atoms with Gasteiger partial charge in [0.05, 0.1) is 11.1 Å². The second-order valence-corrected chi connectivity index (χ2v) is 4.05. The molecule has 0 aliphatic carbocycles. The van der Waals surface area contributed by atoms with Crippen molar-refractivity contribution in [3.63, 3.8) is 0 Å². The number of aromatic nitrogens is 1. The van der Waals surface area contributed by atoms with Gasteiger partial charge in [0.2, 0.25) is 0 Å². The first-order valence-corrected chi connectivity index (χ1v) is 5.99. The van der Waals surface area contributed by atoms with Gasteiger partial charge >= 0.3 is 5.97 Å². The highest BCUT2D eigenvalue weighted by molar-refractivity contribution is 5.87. The second-order valence-electron chi connectivity index (χ2n) is 4.05. The first-order chi connectivity index (χ1) is 9.66. The Balaban J connectivity index is 0.000000147. The van der Waals surface area contributed by atoms with Crippen LogP contribution in [-0.4, -0.2) is 21.2 Å². The Labute approximate surface area is 116 Å². The molecule has 0 unspecified atom stereocenters. The zero-order valence-corrected chi connectivity index (χ0v) is 10.6. The smallest absolute Gasteiger partial charge is 0.335 e. The van der Waals surface area contributed by atoms with Crippen molar-refractivity contribution in [3.05, 3.63) is 72.4 Å². The van der Waals surface area contributed by atoms with E-state index < -0.39 is 5.97 Å². The lowest BCUT2D eigenvalue weighted by molar-refractivity contribution is 0.0697. The average Bonchev–Trinajstić information content (AvgIpc) is 2.48. The van der Waals surface area contributed by atoms with Crippen molar-refractivity contribution in [2.45, 2.75) is 0 Å². The molecule has 3 aromatic rings. The highest BCUT2D eigenvalue weighted by atomic mass is 16.4. The largest absolute Gasteiger partial charge is 0.508 e. The van der Waals surface area contributed by atoms with Gasteiger partial charge in [0, 0.05) is 11.6 Å². The molecule has 2 aromatic carbocycles. The standard InChI is InChI=1S/C9H7N.C7H6O3/c1-2-6-9-8(4-1)5-3-7-10-9;8-6-3-1-5(2-4-6)7(9)10/h1-7H;1-4,8H,(H,9,10). The van der Waals surface area contributed by atoms with Crippen LogP contribution in [0, 0.1) is 0 Å². The van der Waals surface area contributed by atoms with Crippen molar-refractivity contribution in [3.8, 4) is 5.75 Å². The van der Waals surface area contributed by atoms with Gasteiger partial charge in [-0.1, -0.05) is 24.3 Å². The number of pyridine rings is 1. The molecular weight excluding hydrogens is 254 g/mol. The summed E-state index contributed by atoms with van der Waals surface area (Å²) < 4.78 is 0. The fourth-order valence-corrected chi connectivity index (χ4v) is 1.62. The number of hydrogen-bond donors (Lipinski definition) is 2. The predicted octanol–water partition coefficient (Wildman–Crippen LogP) is 3.33. The van der Waals surface area contributed by atoms with Crippen molar-refractivity contribution in [2.75, 3.05) is 0 Å². The number of carbonyl (C=O) groups is 1. The first kappa shape index (κ1) is 13.5. The molecule has 0 spiro atoms. The minimum Gasteiger partial charge on any atom is -0.508 e. The summed E-state index contributed by atoms with van der Waals surface area (Å²) in [6, 6.07) is 17.4. The Morgan fingerprint density at radius 1 is 0.900 bits per heavy atom. The number of rotatable bonds is 1. The number of phenolic OH excluding ortho intramolecular Hbond substituents is 1. The molecule has 20 heavy (non-hydrogen) atoms. The fraction of sp³-hybridized carbons (Fsp3) is 0. The van der Waals surface area contributed by atoms with Gasteiger partial charge in [0.15, 0.2) is 0 Å². The highest BCUT2D eigenvalue weighted by Gasteiger charge is 1.99. The highest BCUT2D eigenvalue weighted by Crippen LogP contribution is 2.09. The molecule has 4 heteroatoms. The normalized spacial score (nSPS) is 9.60. The summed E-state index contributed by atoms with van der Waals surface area (Å²) in [5.74, 6) is -0.912. The van der Waals surface area contributed by atoms with Crippen LogP contribution in [0.3, 0.4) is 0 Å². The van der Waals surface area contributed by atoms with Gasteiger partial charge < -0.3 is 10.2 Å². The van der Waals surface area contributed by atoms with Crippen molar-refractivity contribution in [1.82, 2.24) is 4.98 Å². The molecule has 0 bridgehead atoms. The van der Waals surface area contributed by atoms with E-state index >= 15 is 0 Å². The quantitative estimate of drug-likeness (QED) is 0.709. The van der Waals surface area contributed by atoms with Gasteiger partial charge in [0.25, 0.3) is 0 Å². The van der Waals surface area contributed by atoms with E-state index in [4.69, 9.17) is 10.2 Å². The number of phenols is 1. The topological polar surface area (TPSA) is 70.4 Å². The summed E-state index contributed by atoms with van der Waals surface area (Å²) in [5.41, 5.74) is 1.24. The molecule has 100 valence electrons. The number of para-hydroxylation sites is 1. The Morgan fingerprint density at radius 2 is 1.55 bits per heavy atom. The van der Waals surface area contributed by atoms with Crippen molar-refractivity contribution in [2.24, 2.45) is 0 Å². The third-order valence-corrected chi connectivity index (χ3v) is 2.63. The summed E-state index contributed by atoms with van der Waals surface area (Å²) >= 11 is 0. The Kier molecular flexibility index (Phi) is 4.29. The van der Waals surface area contributed by atoms with Crippen molar-refractivity contribution < 1.29 is 15.0 Å². The van der Waals surface area contributed by atoms with E-state index in [0.29, 0.717) is 0 Å². The number of benzene rings is 2. The van der Waals surface area contributed by atoms with Crippen LogP contribution in [0.25, 0.3) is 10.9 Å². The number of carboxylic acids is 1. The maximum Gasteiger partial charge on any atom is 0.335 e. The second kappa shape index (κ2) is 6.33. The maximum absolute atomic E-state index is 10.2. The number of fused-ring (bicyclic) bond motifs is 1. The summed E-state index contributed by atoms with van der Waals surface area (Å²) in [5, 5.41) is 18.3. The molecule has 0 aliphatic heterocycles. The van der Waals surface area contributed by atoms with E-state index in [2.05, 4.69) is 17.1 Å². The van der Waals surface area contributed by atoms with Gasteiger partial charge in [-0.2, -0.15) is 0 Å². The fourth-order valence-electron chi connectivity index (χ4n) is 1.62. The number of carboxylic acid groups (broad SMARTS) is 1. The molecule has 1 heterocycles. The van der Waals surface area contributed by atoms with Crippen LogP contribution >= 0.6 is 0 Å². The van der Waals surface area contributed by atoms with Gasteiger partial charge in [-0.3, -0.25) is 4.98 Å². The minimum atomic E-state index is -0.986. The third-order valence-electron chi connectivity index (χ3n) is 2.63. The van der Waals surface area contributed by atoms with E-state index in [1.165, 1.54) is 29.7 Å². The lowest BCUT2D eigenvalue weighted by Crippen LogP contribution is -1.93. The third kappa shape index (κ3) is 3.55. The molecule has 3 rings (SSSR count). The minimum absolute atomic E-state index is 0.0741. The zero-order chi connectivity index (χ0) is 14.4. The molecule has 0 radical (unpaired) electrons. The van der Waals surface area contributed by atoms with Gasteiger partial charge in [-0.15, -0.1) is 0 Å². The van der Waals surface area contributed by atoms with Crippen LogP contribution in [-0.2, 0) is 0 Å². The van der Waals surface area contributed by atoms with E-state index in [1.54, 1.807) is 0 Å². The van der Waals surface area contributed by atoms with E-state index in [1.807, 2.05) is 30.5 Å². The molecule has 0 aliphatic rings. The van der Waals surface area contributed by atoms with E-state index in [0.717, 1.165) is 5.52 Å². The van der Waals surface area contributed by atoms with Gasteiger partial charge in [-0.05, 0) is 36.4 Å². The molecule has 4 nitrogen and oxygen atoms in total. The molecule has 0 amide bonds. The zero-order valence-electron chi connectivity index (χ0n) is 10.6. The lowest BCUT2D eigenvalue weighted by Gasteiger charge is -1.92. The lowest BCUT2D eigenvalue weighted by atomic mass is 10.2. The number of hydrogen-bond acceptors (Lipinski definition) is 3. The van der Waals surface area contributed by atoms with Gasteiger partial charge in [-0.25, -0.2) is 4.79 Å². The average molecular weight is 267 g/mol. The SMILES string of the molecule is O=C(O)c1ccc(O)cc1.c1ccc2ncccc2c1. The summed E-state index contributed by atoms with van der Waals surface area (Å²) in [4.78, 5) is 14.4. The molecule has 0 saturated carbocycles. The molecule has 1 aromatic heterocycles. The molecule has 0 saturated heterocycles. The molecular formula is C16H13NO3. The predicted molar refractivity (Wildman–Crippen MR) is 76.8 cm³/mol. The number of aromatic carboxylic acids is 1. The van der Waals surface area contributed by atoms with Crippen LogP contribution in [0.2, 0.25) is 0 Å². The van der Waals surface area contributed by atoms with Crippen LogP contribution in [0.1, 0.15) is 10.4 Å². The maximum atomic E-state index is 10.2.